The number of halogens is 2. The maximum Gasteiger partial charge on any atom is 0.243 e. The van der Waals surface area contributed by atoms with Crippen molar-refractivity contribution in [2.45, 2.75) is 12.8 Å². The smallest absolute Gasteiger partial charge is 0.243 e. The fourth-order valence-electron chi connectivity index (χ4n) is 2.67. The minimum absolute atomic E-state index is 0.0619. The fourth-order valence-corrected chi connectivity index (χ4v) is 3.03. The van der Waals surface area contributed by atoms with Crippen LogP contribution >= 0.6 is 23.2 Å². The van der Waals surface area contributed by atoms with Gasteiger partial charge in [-0.25, -0.2) is 0 Å². The highest BCUT2D eigenvalue weighted by molar-refractivity contribution is 6.43. The third kappa shape index (κ3) is 4.24. The summed E-state index contributed by atoms with van der Waals surface area (Å²) in [5, 5.41) is 6.56. The highest BCUT2D eigenvalue weighted by atomic mass is 35.5. The number of hydrogen-bond acceptors (Lipinski definition) is 3. The molecule has 7 heteroatoms. The van der Waals surface area contributed by atoms with Gasteiger partial charge in [-0.1, -0.05) is 29.3 Å². The van der Waals surface area contributed by atoms with E-state index in [0.29, 0.717) is 27.8 Å². The minimum atomic E-state index is -0.207. The molecule has 0 atom stereocenters. The van der Waals surface area contributed by atoms with Crippen molar-refractivity contribution in [2.75, 3.05) is 28.6 Å². The van der Waals surface area contributed by atoms with Gasteiger partial charge in [0.25, 0.3) is 0 Å². The maximum absolute atomic E-state index is 12.1. The molecule has 2 aromatic carbocycles. The van der Waals surface area contributed by atoms with Crippen molar-refractivity contribution < 1.29 is 9.59 Å². The summed E-state index contributed by atoms with van der Waals surface area (Å²) in [6.45, 7) is 0.807. The molecular formula is C18H17Cl2N3O2. The molecule has 0 radical (unpaired) electrons. The van der Waals surface area contributed by atoms with Crippen LogP contribution in [0.15, 0.2) is 42.5 Å². The Balaban J connectivity index is 1.56. The SMILES string of the molecule is O=C(CNc1cccc(Cl)c1Cl)Nc1ccc(N2CCCC2=O)cc1. The standard InChI is InChI=1S/C18H17Cl2N3O2/c19-14-3-1-4-15(18(14)20)21-11-16(24)22-12-6-8-13(9-7-12)23-10-2-5-17(23)25/h1,3-4,6-9,21H,2,5,10-11H2,(H,22,24). The van der Waals surface area contributed by atoms with Crippen LogP contribution < -0.4 is 15.5 Å². The molecule has 2 amide bonds. The number of nitrogens with one attached hydrogen (secondary N) is 2. The van der Waals surface area contributed by atoms with Gasteiger partial charge in [0, 0.05) is 24.3 Å². The zero-order valence-corrected chi connectivity index (χ0v) is 14.9. The first-order chi connectivity index (χ1) is 12.0. The summed E-state index contributed by atoms with van der Waals surface area (Å²) in [4.78, 5) is 25.6. The van der Waals surface area contributed by atoms with Crippen LogP contribution in [0.5, 0.6) is 0 Å². The second-order valence-corrected chi connectivity index (χ2v) is 6.48. The summed E-state index contributed by atoms with van der Waals surface area (Å²) in [6, 6.07) is 12.4. The molecule has 1 aliphatic rings. The first-order valence-electron chi connectivity index (χ1n) is 7.93. The van der Waals surface area contributed by atoms with Crippen molar-refractivity contribution >= 4 is 52.1 Å². The van der Waals surface area contributed by atoms with Crippen LogP contribution in [-0.2, 0) is 9.59 Å². The van der Waals surface area contributed by atoms with Gasteiger partial charge in [0.15, 0.2) is 0 Å². The van der Waals surface area contributed by atoms with Crippen molar-refractivity contribution in [1.82, 2.24) is 0 Å². The average molecular weight is 378 g/mol. The van der Waals surface area contributed by atoms with Crippen LogP contribution in [0, 0.1) is 0 Å². The lowest BCUT2D eigenvalue weighted by Gasteiger charge is -2.16. The molecule has 3 rings (SSSR count). The summed E-state index contributed by atoms with van der Waals surface area (Å²) >= 11 is 12.0. The minimum Gasteiger partial charge on any atom is -0.375 e. The second-order valence-electron chi connectivity index (χ2n) is 5.70. The normalized spacial score (nSPS) is 13.8. The summed E-state index contributed by atoms with van der Waals surface area (Å²) in [6.07, 6.45) is 1.48. The van der Waals surface area contributed by atoms with E-state index in [1.165, 1.54) is 0 Å². The molecule has 1 fully saturated rings. The molecule has 0 aromatic heterocycles. The Morgan fingerprint density at radius 1 is 1.12 bits per heavy atom. The average Bonchev–Trinajstić information content (AvgIpc) is 3.03. The van der Waals surface area contributed by atoms with E-state index in [2.05, 4.69) is 10.6 Å². The summed E-state index contributed by atoms with van der Waals surface area (Å²) in [7, 11) is 0. The first-order valence-corrected chi connectivity index (χ1v) is 8.68. The molecule has 2 aromatic rings. The lowest BCUT2D eigenvalue weighted by molar-refractivity contribution is -0.117. The van der Waals surface area contributed by atoms with Crippen molar-refractivity contribution in [3.63, 3.8) is 0 Å². The Morgan fingerprint density at radius 2 is 1.88 bits per heavy atom. The molecule has 0 bridgehead atoms. The molecule has 5 nitrogen and oxygen atoms in total. The van der Waals surface area contributed by atoms with E-state index < -0.39 is 0 Å². The van der Waals surface area contributed by atoms with Crippen molar-refractivity contribution in [3.05, 3.63) is 52.5 Å². The van der Waals surface area contributed by atoms with Gasteiger partial charge in [-0.2, -0.15) is 0 Å². The number of benzene rings is 2. The molecule has 130 valence electrons. The highest BCUT2D eigenvalue weighted by Crippen LogP contribution is 2.29. The number of carbonyl (C=O) groups is 2. The Kier molecular flexibility index (Phi) is 5.46. The number of carbonyl (C=O) groups excluding carboxylic acids is 2. The van der Waals surface area contributed by atoms with Crippen molar-refractivity contribution in [1.29, 1.82) is 0 Å². The van der Waals surface area contributed by atoms with E-state index in [0.717, 1.165) is 18.7 Å². The quantitative estimate of drug-likeness (QED) is 0.821. The molecule has 0 saturated carbocycles. The van der Waals surface area contributed by atoms with Crippen LogP contribution in [0.1, 0.15) is 12.8 Å². The van der Waals surface area contributed by atoms with Crippen LogP contribution in [0.3, 0.4) is 0 Å². The van der Waals surface area contributed by atoms with Gasteiger partial charge in [-0.15, -0.1) is 0 Å². The molecule has 2 N–H and O–H groups in total. The predicted octanol–water partition coefficient (Wildman–Crippen LogP) is 4.17. The number of nitrogens with zero attached hydrogens (tertiary/aromatic N) is 1. The number of amides is 2. The number of rotatable bonds is 5. The number of hydrogen-bond donors (Lipinski definition) is 2. The van der Waals surface area contributed by atoms with E-state index >= 15 is 0 Å². The van der Waals surface area contributed by atoms with E-state index in [1.54, 1.807) is 35.2 Å². The summed E-state index contributed by atoms with van der Waals surface area (Å²) < 4.78 is 0. The summed E-state index contributed by atoms with van der Waals surface area (Å²) in [5.74, 6) is -0.0690. The molecule has 0 spiro atoms. The molecule has 1 heterocycles. The Morgan fingerprint density at radius 3 is 2.56 bits per heavy atom. The van der Waals surface area contributed by atoms with E-state index in [1.807, 2.05) is 12.1 Å². The van der Waals surface area contributed by atoms with Crippen molar-refractivity contribution in [3.8, 4) is 0 Å². The van der Waals surface area contributed by atoms with Gasteiger partial charge in [-0.3, -0.25) is 9.59 Å². The zero-order valence-electron chi connectivity index (χ0n) is 13.4. The summed E-state index contributed by atoms with van der Waals surface area (Å²) in [5.41, 5.74) is 2.12. The van der Waals surface area contributed by atoms with E-state index in [9.17, 15) is 9.59 Å². The maximum atomic E-state index is 12.1. The molecule has 1 saturated heterocycles. The zero-order chi connectivity index (χ0) is 17.8. The third-order valence-corrected chi connectivity index (χ3v) is 4.75. The van der Waals surface area contributed by atoms with Gasteiger partial charge in [0.05, 0.1) is 22.3 Å². The molecule has 0 aliphatic carbocycles. The van der Waals surface area contributed by atoms with Gasteiger partial charge < -0.3 is 15.5 Å². The number of anilines is 3. The van der Waals surface area contributed by atoms with Gasteiger partial charge >= 0.3 is 0 Å². The van der Waals surface area contributed by atoms with Crippen LogP contribution in [0.25, 0.3) is 0 Å². The van der Waals surface area contributed by atoms with E-state index in [-0.39, 0.29) is 18.4 Å². The predicted molar refractivity (Wildman–Crippen MR) is 102 cm³/mol. The fraction of sp³-hybridized carbons (Fsp3) is 0.222. The monoisotopic (exact) mass is 377 g/mol. The molecule has 1 aliphatic heterocycles. The Bertz CT molecular complexity index is 793. The largest absolute Gasteiger partial charge is 0.375 e. The van der Waals surface area contributed by atoms with Crippen molar-refractivity contribution in [2.24, 2.45) is 0 Å². The lowest BCUT2D eigenvalue weighted by Crippen LogP contribution is -2.24. The second kappa shape index (κ2) is 7.76. The van der Waals surface area contributed by atoms with Crippen LogP contribution in [0.4, 0.5) is 17.1 Å². The Hall–Kier alpha value is -2.24. The molecular weight excluding hydrogens is 361 g/mol. The van der Waals surface area contributed by atoms with Crippen LogP contribution in [-0.4, -0.2) is 24.9 Å². The lowest BCUT2D eigenvalue weighted by atomic mass is 10.2. The first kappa shape index (κ1) is 17.6. The third-order valence-electron chi connectivity index (χ3n) is 3.93. The van der Waals surface area contributed by atoms with Gasteiger partial charge in [0.2, 0.25) is 11.8 Å². The Labute approximate surface area is 155 Å². The highest BCUT2D eigenvalue weighted by Gasteiger charge is 2.21. The van der Waals surface area contributed by atoms with Crippen LogP contribution in [0.2, 0.25) is 10.0 Å². The van der Waals surface area contributed by atoms with E-state index in [4.69, 9.17) is 23.2 Å². The molecule has 0 unspecified atom stereocenters. The van der Waals surface area contributed by atoms with Gasteiger partial charge in [-0.05, 0) is 42.8 Å². The topological polar surface area (TPSA) is 61.4 Å². The molecule has 25 heavy (non-hydrogen) atoms. The van der Waals surface area contributed by atoms with Gasteiger partial charge in [0.1, 0.15) is 0 Å².